The third kappa shape index (κ3) is 1.25. The fraction of sp³-hybridized carbons (Fsp3) is 0.875. The summed E-state index contributed by atoms with van der Waals surface area (Å²) < 4.78 is 4.99. The summed E-state index contributed by atoms with van der Waals surface area (Å²) in [5, 5.41) is 0. The summed E-state index contributed by atoms with van der Waals surface area (Å²) in [4.78, 5) is 12.5. The van der Waals surface area contributed by atoms with Crippen molar-refractivity contribution in [2.24, 2.45) is 5.92 Å². The lowest BCUT2D eigenvalue weighted by Gasteiger charge is -2.43. The van der Waals surface area contributed by atoms with Gasteiger partial charge in [0.2, 0.25) is 0 Å². The van der Waals surface area contributed by atoms with E-state index in [0.29, 0.717) is 12.4 Å². The van der Waals surface area contributed by atoms with Crippen LogP contribution >= 0.6 is 0 Å². The van der Waals surface area contributed by atoms with Gasteiger partial charge >= 0.3 is 0 Å². The quantitative estimate of drug-likeness (QED) is 0.535. The first-order valence-electron chi connectivity index (χ1n) is 4.21. The maximum Gasteiger partial charge on any atom is 0.293 e. The van der Waals surface area contributed by atoms with Crippen LogP contribution < -0.4 is 0 Å². The monoisotopic (exact) mass is 155 g/mol. The number of carbonyl (C=O) groups excluding carboxylic acids is 1. The summed E-state index contributed by atoms with van der Waals surface area (Å²) in [6.45, 7) is 3.95. The Labute approximate surface area is 66.3 Å². The average molecular weight is 155 g/mol. The molecule has 3 saturated heterocycles. The second kappa shape index (κ2) is 2.81. The molecule has 11 heavy (non-hydrogen) atoms. The van der Waals surface area contributed by atoms with E-state index in [1.807, 2.05) is 0 Å². The molecule has 1 atom stereocenters. The van der Waals surface area contributed by atoms with Crippen molar-refractivity contribution >= 4 is 6.47 Å². The molecule has 0 N–H and O–H groups in total. The van der Waals surface area contributed by atoms with Crippen LogP contribution in [-0.2, 0) is 9.53 Å². The van der Waals surface area contributed by atoms with Gasteiger partial charge in [-0.05, 0) is 31.8 Å². The van der Waals surface area contributed by atoms with Gasteiger partial charge in [0, 0.05) is 6.54 Å². The van der Waals surface area contributed by atoms with E-state index in [1.165, 1.54) is 25.9 Å². The van der Waals surface area contributed by atoms with Crippen LogP contribution in [0.1, 0.15) is 12.8 Å². The van der Waals surface area contributed by atoms with Crippen LogP contribution in [-0.4, -0.2) is 37.1 Å². The first-order chi connectivity index (χ1) is 5.40. The largest absolute Gasteiger partial charge is 0.463 e. The highest BCUT2D eigenvalue weighted by atomic mass is 16.5. The highest BCUT2D eigenvalue weighted by Gasteiger charge is 2.34. The number of rotatable bonds is 2. The lowest BCUT2D eigenvalue weighted by molar-refractivity contribution is -0.143. The molecule has 3 aliphatic heterocycles. The Hall–Kier alpha value is -0.570. The van der Waals surface area contributed by atoms with Crippen LogP contribution in [0.25, 0.3) is 0 Å². The lowest BCUT2D eigenvalue weighted by Crippen LogP contribution is -2.51. The van der Waals surface area contributed by atoms with E-state index in [9.17, 15) is 4.79 Å². The minimum absolute atomic E-state index is 0.190. The topological polar surface area (TPSA) is 29.5 Å². The van der Waals surface area contributed by atoms with Gasteiger partial charge in [-0.2, -0.15) is 0 Å². The summed E-state index contributed by atoms with van der Waals surface area (Å²) in [5.41, 5.74) is 0. The lowest BCUT2D eigenvalue weighted by atomic mass is 9.86. The van der Waals surface area contributed by atoms with Gasteiger partial charge in [0.1, 0.15) is 6.10 Å². The van der Waals surface area contributed by atoms with Gasteiger partial charge in [-0.15, -0.1) is 0 Å². The number of piperidine rings is 3. The number of nitrogens with zero attached hydrogens (tertiary/aromatic N) is 1. The molecule has 3 rings (SSSR count). The smallest absolute Gasteiger partial charge is 0.293 e. The molecule has 1 unspecified atom stereocenters. The SMILES string of the molecule is O=COC1CN2CCC1CC2. The first-order valence-corrected chi connectivity index (χ1v) is 4.21. The van der Waals surface area contributed by atoms with E-state index >= 15 is 0 Å². The molecule has 2 bridgehead atoms. The highest BCUT2D eigenvalue weighted by Crippen LogP contribution is 2.28. The molecule has 62 valence electrons. The molecular formula is C8H13NO2. The molecule has 0 aromatic carbocycles. The standard InChI is InChI=1S/C8H13NO2/c10-6-11-8-5-9-3-1-7(8)2-4-9/h6-8H,1-5H2. The fourth-order valence-corrected chi connectivity index (χ4v) is 2.14. The Balaban J connectivity index is 1.97. The molecule has 3 heteroatoms. The zero-order chi connectivity index (χ0) is 7.68. The van der Waals surface area contributed by atoms with Gasteiger partial charge in [-0.1, -0.05) is 0 Å². The van der Waals surface area contributed by atoms with Crippen LogP contribution in [0, 0.1) is 5.92 Å². The predicted molar refractivity (Wildman–Crippen MR) is 40.1 cm³/mol. The number of hydrogen-bond donors (Lipinski definition) is 0. The minimum atomic E-state index is 0.190. The number of fused-ring (bicyclic) bond motifs is 3. The summed E-state index contributed by atoms with van der Waals surface area (Å²) >= 11 is 0. The molecule has 0 aromatic rings. The second-order valence-electron chi connectivity index (χ2n) is 3.41. The third-order valence-electron chi connectivity index (χ3n) is 2.83. The summed E-state index contributed by atoms with van der Waals surface area (Å²) in [5.74, 6) is 0.644. The van der Waals surface area contributed by atoms with Gasteiger partial charge in [0.25, 0.3) is 6.47 Å². The molecule has 3 aliphatic rings. The van der Waals surface area contributed by atoms with Crippen LogP contribution in [0.2, 0.25) is 0 Å². The van der Waals surface area contributed by atoms with Crippen molar-refractivity contribution in [1.82, 2.24) is 4.90 Å². The van der Waals surface area contributed by atoms with E-state index in [-0.39, 0.29) is 6.10 Å². The fourth-order valence-electron chi connectivity index (χ4n) is 2.14. The van der Waals surface area contributed by atoms with Crippen LogP contribution in [0.15, 0.2) is 0 Å². The number of carbonyl (C=O) groups is 1. The Bertz CT molecular complexity index is 152. The molecule has 0 saturated carbocycles. The van der Waals surface area contributed by atoms with Gasteiger partial charge in [0.05, 0.1) is 0 Å². The maximum absolute atomic E-state index is 10.1. The Morgan fingerprint density at radius 3 is 2.55 bits per heavy atom. The number of hydrogen-bond acceptors (Lipinski definition) is 3. The molecule has 3 nitrogen and oxygen atoms in total. The van der Waals surface area contributed by atoms with E-state index in [0.717, 1.165) is 6.54 Å². The first kappa shape index (κ1) is 7.10. The van der Waals surface area contributed by atoms with Crippen molar-refractivity contribution < 1.29 is 9.53 Å². The van der Waals surface area contributed by atoms with E-state index in [4.69, 9.17) is 4.74 Å². The summed E-state index contributed by atoms with van der Waals surface area (Å²) in [7, 11) is 0. The second-order valence-corrected chi connectivity index (χ2v) is 3.41. The molecule has 0 aliphatic carbocycles. The average Bonchev–Trinajstić information content (AvgIpc) is 2.07. The van der Waals surface area contributed by atoms with Gasteiger partial charge in [0.15, 0.2) is 0 Å². The molecule has 3 fully saturated rings. The molecule has 3 heterocycles. The minimum Gasteiger partial charge on any atom is -0.463 e. The third-order valence-corrected chi connectivity index (χ3v) is 2.83. The Morgan fingerprint density at radius 2 is 2.09 bits per heavy atom. The Morgan fingerprint density at radius 1 is 1.36 bits per heavy atom. The van der Waals surface area contributed by atoms with E-state index in [2.05, 4.69) is 4.90 Å². The normalized spacial score (nSPS) is 42.0. The van der Waals surface area contributed by atoms with Crippen LogP contribution in [0.3, 0.4) is 0 Å². The Kier molecular flexibility index (Phi) is 1.82. The maximum atomic E-state index is 10.1. The van der Waals surface area contributed by atoms with Crippen molar-refractivity contribution in [3.05, 3.63) is 0 Å². The predicted octanol–water partition coefficient (Wildman–Crippen LogP) is 0.254. The molecule has 0 aromatic heterocycles. The highest BCUT2D eigenvalue weighted by molar-refractivity contribution is 5.37. The van der Waals surface area contributed by atoms with E-state index in [1.54, 1.807) is 0 Å². The van der Waals surface area contributed by atoms with Crippen molar-refractivity contribution in [3.63, 3.8) is 0 Å². The van der Waals surface area contributed by atoms with Crippen molar-refractivity contribution in [2.45, 2.75) is 18.9 Å². The van der Waals surface area contributed by atoms with Crippen molar-refractivity contribution in [2.75, 3.05) is 19.6 Å². The summed E-state index contributed by atoms with van der Waals surface area (Å²) in [6, 6.07) is 0. The van der Waals surface area contributed by atoms with Crippen molar-refractivity contribution in [3.8, 4) is 0 Å². The van der Waals surface area contributed by atoms with Gasteiger partial charge < -0.3 is 4.74 Å². The molecule has 0 amide bonds. The molecular weight excluding hydrogens is 142 g/mol. The number of ether oxygens (including phenoxy) is 1. The molecule has 0 radical (unpaired) electrons. The van der Waals surface area contributed by atoms with Crippen LogP contribution in [0.5, 0.6) is 0 Å². The zero-order valence-corrected chi connectivity index (χ0v) is 6.53. The zero-order valence-electron chi connectivity index (χ0n) is 6.53. The van der Waals surface area contributed by atoms with Crippen LogP contribution in [0.4, 0.5) is 0 Å². The van der Waals surface area contributed by atoms with Gasteiger partial charge in [-0.3, -0.25) is 9.69 Å². The molecule has 0 spiro atoms. The van der Waals surface area contributed by atoms with Crippen molar-refractivity contribution in [1.29, 1.82) is 0 Å². The van der Waals surface area contributed by atoms with E-state index < -0.39 is 0 Å². The summed E-state index contributed by atoms with van der Waals surface area (Å²) in [6.07, 6.45) is 2.60. The van der Waals surface area contributed by atoms with Gasteiger partial charge in [-0.25, -0.2) is 0 Å².